The monoisotopic (exact) mass is 390 g/mol. The van der Waals surface area contributed by atoms with Gasteiger partial charge in [-0.2, -0.15) is 5.10 Å². The molecule has 1 heterocycles. The molecule has 0 unspecified atom stereocenters. The largest absolute Gasteiger partial charge is 0.464 e. The van der Waals surface area contributed by atoms with E-state index in [2.05, 4.69) is 21.0 Å². The highest BCUT2D eigenvalue weighted by Gasteiger charge is 2.25. The average Bonchev–Trinajstić information content (AvgIpc) is 2.75. The van der Waals surface area contributed by atoms with Gasteiger partial charge in [0.2, 0.25) is 0 Å². The topological polar surface area (TPSA) is 44.1 Å². The minimum atomic E-state index is -0.507. The number of hydrogen-bond acceptors (Lipinski definition) is 3. The lowest BCUT2D eigenvalue weighted by Gasteiger charge is -2.12. The van der Waals surface area contributed by atoms with Gasteiger partial charge in [-0.05, 0) is 40.0 Å². The Kier molecular flexibility index (Phi) is 4.96. The number of aromatic nitrogens is 2. The van der Waals surface area contributed by atoms with Gasteiger partial charge in [0.25, 0.3) is 0 Å². The van der Waals surface area contributed by atoms with Gasteiger partial charge in [0, 0.05) is 5.02 Å². The molecule has 0 N–H and O–H groups in total. The Bertz CT molecular complexity index is 699. The summed E-state index contributed by atoms with van der Waals surface area (Å²) in [4.78, 5) is 11.8. The number of nitrogens with zero attached hydrogens (tertiary/aromatic N) is 2. The van der Waals surface area contributed by atoms with E-state index in [4.69, 9.17) is 27.9 Å². The van der Waals surface area contributed by atoms with Gasteiger partial charge in [0.15, 0.2) is 5.69 Å². The predicted octanol–water partition coefficient (Wildman–Crippen LogP) is 4.85. The molecule has 0 atom stereocenters. The van der Waals surface area contributed by atoms with E-state index in [1.54, 1.807) is 22.9 Å². The number of benzene rings is 1. The fourth-order valence-corrected chi connectivity index (χ4v) is 3.33. The van der Waals surface area contributed by atoms with E-state index in [9.17, 15) is 4.79 Å². The van der Waals surface area contributed by atoms with Crippen LogP contribution in [0.1, 0.15) is 35.9 Å². The summed E-state index contributed by atoms with van der Waals surface area (Å²) in [7, 11) is 1.32. The van der Waals surface area contributed by atoms with Crippen LogP contribution in [0.15, 0.2) is 22.7 Å². The summed E-state index contributed by atoms with van der Waals surface area (Å²) in [6, 6.07) is 5.12. The molecule has 0 radical (unpaired) electrons. The highest BCUT2D eigenvalue weighted by Crippen LogP contribution is 2.33. The van der Waals surface area contributed by atoms with Crippen LogP contribution in [0, 0.1) is 0 Å². The second-order valence-electron chi connectivity index (χ2n) is 4.70. The van der Waals surface area contributed by atoms with Crippen molar-refractivity contribution in [3.8, 4) is 5.69 Å². The van der Waals surface area contributed by atoms with Gasteiger partial charge in [-0.1, -0.05) is 37.0 Å². The van der Waals surface area contributed by atoms with E-state index in [1.807, 2.05) is 13.8 Å². The molecule has 1 aromatic heterocycles. The lowest BCUT2D eigenvalue weighted by atomic mass is 10.1. The molecule has 0 bridgehead atoms. The molecule has 0 saturated carbocycles. The van der Waals surface area contributed by atoms with Crippen molar-refractivity contribution in [2.24, 2.45) is 0 Å². The second kappa shape index (κ2) is 6.38. The van der Waals surface area contributed by atoms with E-state index in [0.29, 0.717) is 20.2 Å². The van der Waals surface area contributed by atoms with Crippen molar-refractivity contribution in [3.63, 3.8) is 0 Å². The van der Waals surface area contributed by atoms with Crippen molar-refractivity contribution in [2.45, 2.75) is 19.8 Å². The summed E-state index contributed by atoms with van der Waals surface area (Å²) in [5, 5.41) is 5.32. The maximum Gasteiger partial charge on any atom is 0.359 e. The highest BCUT2D eigenvalue weighted by molar-refractivity contribution is 9.10. The normalized spacial score (nSPS) is 11.0. The predicted molar refractivity (Wildman–Crippen MR) is 86.7 cm³/mol. The van der Waals surface area contributed by atoms with Gasteiger partial charge in [-0.15, -0.1) is 0 Å². The standard InChI is InChI=1S/C14H13BrCl2N2O2/c1-7(2)13-11(15)12(14(20)21-3)18-19(13)10-5-4-8(16)6-9(10)17/h4-7H,1-3H3. The first-order valence-electron chi connectivity index (χ1n) is 6.19. The summed E-state index contributed by atoms with van der Waals surface area (Å²) < 4.78 is 7.00. The van der Waals surface area contributed by atoms with Crippen LogP contribution in [0.4, 0.5) is 0 Å². The van der Waals surface area contributed by atoms with Gasteiger partial charge in [-0.3, -0.25) is 0 Å². The third-order valence-corrected chi connectivity index (χ3v) is 4.24. The van der Waals surface area contributed by atoms with Crippen molar-refractivity contribution >= 4 is 45.1 Å². The number of halogens is 3. The molecule has 2 aromatic rings. The third kappa shape index (κ3) is 3.10. The molecule has 7 heteroatoms. The van der Waals surface area contributed by atoms with E-state index in [-0.39, 0.29) is 11.6 Å². The fourth-order valence-electron chi connectivity index (χ4n) is 1.97. The number of hydrogen-bond donors (Lipinski definition) is 0. The zero-order valence-corrected chi connectivity index (χ0v) is 14.8. The highest BCUT2D eigenvalue weighted by atomic mass is 79.9. The van der Waals surface area contributed by atoms with E-state index >= 15 is 0 Å². The van der Waals surface area contributed by atoms with Gasteiger partial charge in [0.1, 0.15) is 0 Å². The Balaban J connectivity index is 2.70. The first kappa shape index (κ1) is 16.3. The first-order chi connectivity index (χ1) is 9.86. The molecule has 112 valence electrons. The molecule has 0 aliphatic rings. The maximum absolute atomic E-state index is 11.8. The summed E-state index contributed by atoms with van der Waals surface area (Å²) in [6.45, 7) is 4.01. The molecule has 1 aromatic carbocycles. The van der Waals surface area contributed by atoms with Crippen molar-refractivity contribution in [1.29, 1.82) is 0 Å². The molecule has 0 fully saturated rings. The van der Waals surface area contributed by atoms with E-state index in [1.165, 1.54) is 7.11 Å². The third-order valence-electron chi connectivity index (χ3n) is 2.92. The van der Waals surface area contributed by atoms with E-state index < -0.39 is 5.97 Å². The Hall–Kier alpha value is -1.04. The lowest BCUT2D eigenvalue weighted by Crippen LogP contribution is -2.06. The number of methoxy groups -OCH3 is 1. The molecule has 0 aliphatic heterocycles. The first-order valence-corrected chi connectivity index (χ1v) is 7.73. The summed E-state index contributed by atoms with van der Waals surface area (Å²) in [6.07, 6.45) is 0. The zero-order chi connectivity index (χ0) is 15.7. The second-order valence-corrected chi connectivity index (χ2v) is 6.34. The van der Waals surface area contributed by atoms with Gasteiger partial charge >= 0.3 is 5.97 Å². The van der Waals surface area contributed by atoms with Gasteiger partial charge < -0.3 is 4.74 Å². The summed E-state index contributed by atoms with van der Waals surface area (Å²) >= 11 is 15.6. The average molecular weight is 392 g/mol. The van der Waals surface area contributed by atoms with Crippen LogP contribution in [0.3, 0.4) is 0 Å². The van der Waals surface area contributed by atoms with Gasteiger partial charge in [-0.25, -0.2) is 9.48 Å². The molecule has 0 amide bonds. The zero-order valence-electron chi connectivity index (χ0n) is 11.7. The van der Waals surface area contributed by atoms with Crippen molar-refractivity contribution < 1.29 is 9.53 Å². The Labute approximate surface area is 141 Å². The number of ether oxygens (including phenoxy) is 1. The Morgan fingerprint density at radius 2 is 2.05 bits per heavy atom. The van der Waals surface area contributed by atoms with Crippen LogP contribution in [0.5, 0.6) is 0 Å². The van der Waals surface area contributed by atoms with Crippen LogP contribution in [-0.2, 0) is 4.74 Å². The minimum absolute atomic E-state index is 0.122. The molecule has 2 rings (SSSR count). The molecular weight excluding hydrogens is 379 g/mol. The lowest BCUT2D eigenvalue weighted by molar-refractivity contribution is 0.0592. The number of carbonyl (C=O) groups is 1. The SMILES string of the molecule is COC(=O)c1nn(-c2ccc(Cl)cc2Cl)c(C(C)C)c1Br. The molecular formula is C14H13BrCl2N2O2. The summed E-state index contributed by atoms with van der Waals surface area (Å²) in [5.74, 6) is -0.385. The molecule has 4 nitrogen and oxygen atoms in total. The van der Waals surface area contributed by atoms with Crippen LogP contribution in [0.25, 0.3) is 5.69 Å². The number of rotatable bonds is 3. The van der Waals surface area contributed by atoms with Crippen LogP contribution >= 0.6 is 39.1 Å². The van der Waals surface area contributed by atoms with Crippen LogP contribution in [-0.4, -0.2) is 22.9 Å². The molecule has 0 aliphatic carbocycles. The van der Waals surface area contributed by atoms with Gasteiger partial charge in [0.05, 0.1) is 28.0 Å². The Morgan fingerprint density at radius 1 is 1.38 bits per heavy atom. The summed E-state index contributed by atoms with van der Waals surface area (Å²) in [5.41, 5.74) is 1.70. The molecule has 0 saturated heterocycles. The van der Waals surface area contributed by atoms with Crippen molar-refractivity contribution in [3.05, 3.63) is 44.1 Å². The quantitative estimate of drug-likeness (QED) is 0.702. The Morgan fingerprint density at radius 3 is 2.57 bits per heavy atom. The molecule has 21 heavy (non-hydrogen) atoms. The van der Waals surface area contributed by atoms with Crippen molar-refractivity contribution in [1.82, 2.24) is 9.78 Å². The number of carbonyl (C=O) groups excluding carboxylic acids is 1. The fraction of sp³-hybridized carbons (Fsp3) is 0.286. The van der Waals surface area contributed by atoms with Crippen molar-refractivity contribution in [2.75, 3.05) is 7.11 Å². The van der Waals surface area contributed by atoms with Crippen LogP contribution < -0.4 is 0 Å². The minimum Gasteiger partial charge on any atom is -0.464 e. The maximum atomic E-state index is 11.8. The molecule has 0 spiro atoms. The van der Waals surface area contributed by atoms with E-state index in [0.717, 1.165) is 5.69 Å². The number of esters is 1. The smallest absolute Gasteiger partial charge is 0.359 e. The van der Waals surface area contributed by atoms with Crippen LogP contribution in [0.2, 0.25) is 10.0 Å².